The molecule has 0 spiro atoms. The van der Waals surface area contributed by atoms with Gasteiger partial charge in [-0.1, -0.05) is 18.1 Å². The Hall–Kier alpha value is -1.00. The van der Waals surface area contributed by atoms with Crippen molar-refractivity contribution in [3.8, 4) is 11.8 Å². The molecule has 0 fully saturated rings. The first-order chi connectivity index (χ1) is 6.85. The van der Waals surface area contributed by atoms with Crippen molar-refractivity contribution in [3.05, 3.63) is 25.3 Å². The Kier molecular flexibility index (Phi) is 9.36. The monoisotopic (exact) mass is 191 g/mol. The van der Waals surface area contributed by atoms with Crippen LogP contribution in [0.5, 0.6) is 0 Å². The summed E-state index contributed by atoms with van der Waals surface area (Å²) in [5, 5.41) is 3.42. The molecule has 0 heterocycles. The van der Waals surface area contributed by atoms with Crippen molar-refractivity contribution in [1.82, 2.24) is 5.32 Å². The molecule has 0 atom stereocenters. The fourth-order valence-corrected chi connectivity index (χ4v) is 1.27. The van der Waals surface area contributed by atoms with Gasteiger partial charge >= 0.3 is 0 Å². The van der Waals surface area contributed by atoms with E-state index < -0.39 is 0 Å². The van der Waals surface area contributed by atoms with Crippen LogP contribution in [0, 0.1) is 11.8 Å². The van der Waals surface area contributed by atoms with Gasteiger partial charge in [0.05, 0.1) is 6.54 Å². The number of rotatable bonds is 8. The number of hydrogen-bond acceptors (Lipinski definition) is 1. The van der Waals surface area contributed by atoms with E-state index in [1.807, 2.05) is 19.1 Å². The Bertz CT molecular complexity index is 195. The van der Waals surface area contributed by atoms with Gasteiger partial charge in [0.2, 0.25) is 0 Å². The fraction of sp³-hybridized carbons (Fsp3) is 0.538. The van der Waals surface area contributed by atoms with E-state index in [2.05, 4.69) is 30.3 Å². The molecular weight excluding hydrogens is 170 g/mol. The second-order valence-corrected chi connectivity index (χ2v) is 3.24. The van der Waals surface area contributed by atoms with Crippen LogP contribution in [0.3, 0.4) is 0 Å². The average Bonchev–Trinajstić information content (AvgIpc) is 2.21. The molecule has 0 unspecified atom stereocenters. The van der Waals surface area contributed by atoms with E-state index in [9.17, 15) is 0 Å². The minimum atomic E-state index is 0.548. The Morgan fingerprint density at radius 1 is 1.21 bits per heavy atom. The highest BCUT2D eigenvalue weighted by Gasteiger charge is 2.04. The van der Waals surface area contributed by atoms with Crippen molar-refractivity contribution in [3.63, 3.8) is 0 Å². The SMILES string of the molecule is C=CCCC(CCC=C)NCC#CC. The molecular formula is C13H21N. The third-order valence-electron chi connectivity index (χ3n) is 2.09. The van der Waals surface area contributed by atoms with Crippen LogP contribution in [-0.4, -0.2) is 12.6 Å². The molecule has 1 N–H and O–H groups in total. The van der Waals surface area contributed by atoms with Crippen molar-refractivity contribution in [2.45, 2.75) is 38.6 Å². The lowest BCUT2D eigenvalue weighted by molar-refractivity contribution is 0.482. The van der Waals surface area contributed by atoms with Crippen LogP contribution < -0.4 is 5.32 Å². The van der Waals surface area contributed by atoms with E-state index in [4.69, 9.17) is 0 Å². The number of nitrogens with one attached hydrogen (secondary N) is 1. The molecule has 14 heavy (non-hydrogen) atoms. The quantitative estimate of drug-likeness (QED) is 0.459. The maximum Gasteiger partial charge on any atom is 0.0578 e. The first kappa shape index (κ1) is 13.0. The van der Waals surface area contributed by atoms with E-state index in [1.165, 1.54) is 0 Å². The van der Waals surface area contributed by atoms with Gasteiger partial charge in [-0.15, -0.1) is 19.1 Å². The van der Waals surface area contributed by atoms with E-state index in [-0.39, 0.29) is 0 Å². The van der Waals surface area contributed by atoms with Crippen LogP contribution in [0.25, 0.3) is 0 Å². The van der Waals surface area contributed by atoms with Gasteiger partial charge in [-0.3, -0.25) is 0 Å². The highest BCUT2D eigenvalue weighted by Crippen LogP contribution is 2.05. The summed E-state index contributed by atoms with van der Waals surface area (Å²) in [6.45, 7) is 10.1. The maximum atomic E-state index is 3.73. The molecule has 1 heteroatoms. The molecule has 0 bridgehead atoms. The zero-order chi connectivity index (χ0) is 10.6. The second-order valence-electron chi connectivity index (χ2n) is 3.24. The first-order valence-corrected chi connectivity index (χ1v) is 5.20. The van der Waals surface area contributed by atoms with Gasteiger partial charge in [-0.2, -0.15) is 0 Å². The van der Waals surface area contributed by atoms with Gasteiger partial charge in [-0.25, -0.2) is 0 Å². The van der Waals surface area contributed by atoms with Crippen molar-refractivity contribution >= 4 is 0 Å². The zero-order valence-electron chi connectivity index (χ0n) is 9.18. The van der Waals surface area contributed by atoms with E-state index in [0.29, 0.717) is 6.04 Å². The van der Waals surface area contributed by atoms with E-state index in [1.54, 1.807) is 0 Å². The fourth-order valence-electron chi connectivity index (χ4n) is 1.27. The van der Waals surface area contributed by atoms with Gasteiger partial charge < -0.3 is 5.32 Å². The summed E-state index contributed by atoms with van der Waals surface area (Å²) >= 11 is 0. The van der Waals surface area contributed by atoms with Gasteiger partial charge in [0.1, 0.15) is 0 Å². The molecule has 0 rings (SSSR count). The van der Waals surface area contributed by atoms with E-state index >= 15 is 0 Å². The Morgan fingerprint density at radius 3 is 2.21 bits per heavy atom. The predicted molar refractivity (Wildman–Crippen MR) is 64.1 cm³/mol. The molecule has 1 nitrogen and oxygen atoms in total. The van der Waals surface area contributed by atoms with Crippen molar-refractivity contribution in [2.75, 3.05) is 6.54 Å². The molecule has 0 aliphatic carbocycles. The summed E-state index contributed by atoms with van der Waals surface area (Å²) in [7, 11) is 0. The zero-order valence-corrected chi connectivity index (χ0v) is 9.18. The van der Waals surface area contributed by atoms with Gasteiger partial charge in [0.15, 0.2) is 0 Å². The normalized spacial score (nSPS) is 9.29. The van der Waals surface area contributed by atoms with Crippen LogP contribution in [0.1, 0.15) is 32.6 Å². The molecule has 0 aromatic carbocycles. The molecule has 0 aliphatic heterocycles. The minimum absolute atomic E-state index is 0.548. The molecule has 0 amide bonds. The summed E-state index contributed by atoms with van der Waals surface area (Å²) < 4.78 is 0. The summed E-state index contributed by atoms with van der Waals surface area (Å²) in [6.07, 6.45) is 8.34. The van der Waals surface area contributed by atoms with Crippen LogP contribution in [0.15, 0.2) is 25.3 Å². The van der Waals surface area contributed by atoms with Crippen LogP contribution in [-0.2, 0) is 0 Å². The summed E-state index contributed by atoms with van der Waals surface area (Å²) in [5.41, 5.74) is 0. The van der Waals surface area contributed by atoms with E-state index in [0.717, 1.165) is 32.2 Å². The lowest BCUT2D eigenvalue weighted by atomic mass is 10.1. The summed E-state index contributed by atoms with van der Waals surface area (Å²) in [6, 6.07) is 0.548. The molecule has 0 aliphatic rings. The van der Waals surface area contributed by atoms with Gasteiger partial charge in [-0.05, 0) is 32.6 Å². The predicted octanol–water partition coefficient (Wildman–Crippen LogP) is 2.90. The Labute approximate surface area is 88.3 Å². The van der Waals surface area contributed by atoms with Crippen LogP contribution >= 0.6 is 0 Å². The smallest absolute Gasteiger partial charge is 0.0578 e. The van der Waals surface area contributed by atoms with Crippen molar-refractivity contribution < 1.29 is 0 Å². The standard InChI is InChI=1S/C13H21N/c1-4-7-10-13(11-8-5-2)14-12-9-6-3/h4-5,13-14H,1-2,7-8,10-12H2,3H3. The van der Waals surface area contributed by atoms with Gasteiger partial charge in [0, 0.05) is 6.04 Å². The Morgan fingerprint density at radius 2 is 1.79 bits per heavy atom. The second kappa shape index (κ2) is 10.1. The van der Waals surface area contributed by atoms with Crippen LogP contribution in [0.2, 0.25) is 0 Å². The lowest BCUT2D eigenvalue weighted by Gasteiger charge is -2.15. The third kappa shape index (κ3) is 7.64. The molecule has 78 valence electrons. The topological polar surface area (TPSA) is 12.0 Å². The molecule has 0 aromatic rings. The summed E-state index contributed by atoms with van der Waals surface area (Å²) in [4.78, 5) is 0. The van der Waals surface area contributed by atoms with Crippen molar-refractivity contribution in [2.24, 2.45) is 0 Å². The Balaban J connectivity index is 3.74. The third-order valence-corrected chi connectivity index (χ3v) is 2.09. The first-order valence-electron chi connectivity index (χ1n) is 5.20. The molecule has 0 saturated carbocycles. The van der Waals surface area contributed by atoms with Crippen molar-refractivity contribution in [1.29, 1.82) is 0 Å². The van der Waals surface area contributed by atoms with Gasteiger partial charge in [0.25, 0.3) is 0 Å². The van der Waals surface area contributed by atoms with Crippen LogP contribution in [0.4, 0.5) is 0 Å². The molecule has 0 aromatic heterocycles. The lowest BCUT2D eigenvalue weighted by Crippen LogP contribution is -2.29. The maximum absolute atomic E-state index is 3.73. The number of allylic oxidation sites excluding steroid dienone is 2. The molecule has 0 radical (unpaired) electrons. The molecule has 0 saturated heterocycles. The largest absolute Gasteiger partial charge is 0.303 e. The minimum Gasteiger partial charge on any atom is -0.303 e. The number of hydrogen-bond donors (Lipinski definition) is 1. The highest BCUT2D eigenvalue weighted by atomic mass is 14.9. The average molecular weight is 191 g/mol. The summed E-state index contributed by atoms with van der Waals surface area (Å²) in [5.74, 6) is 5.90. The highest BCUT2D eigenvalue weighted by molar-refractivity contribution is 4.97.